The summed E-state index contributed by atoms with van der Waals surface area (Å²) < 4.78 is 5.83. The van der Waals surface area contributed by atoms with Gasteiger partial charge in [0.2, 0.25) is 0 Å². The number of hydrogen-bond donors (Lipinski definition) is 1. The van der Waals surface area contributed by atoms with Gasteiger partial charge < -0.3 is 10.1 Å². The maximum Gasteiger partial charge on any atom is 0.350 e. The number of nitrogens with one attached hydrogen (secondary N) is 1. The van der Waals surface area contributed by atoms with E-state index in [1.165, 1.54) is 6.20 Å². The van der Waals surface area contributed by atoms with Crippen LogP contribution in [-0.2, 0) is 9.53 Å². The minimum Gasteiger partial charge on any atom is -0.462 e. The SMILES string of the molecule is CCOC(=O)/C(C#N)=C\Nc1ccc2nc(C)sc2c1. The van der Waals surface area contributed by atoms with Gasteiger partial charge in [0, 0.05) is 11.9 Å². The number of benzene rings is 1. The lowest BCUT2D eigenvalue weighted by Gasteiger charge is -2.02. The number of ether oxygens (including phenoxy) is 1. The molecule has 0 aliphatic carbocycles. The number of fused-ring (bicyclic) bond motifs is 1. The van der Waals surface area contributed by atoms with E-state index in [-0.39, 0.29) is 12.2 Å². The number of nitriles is 1. The molecule has 0 amide bonds. The average molecular weight is 287 g/mol. The van der Waals surface area contributed by atoms with E-state index in [2.05, 4.69) is 10.3 Å². The monoisotopic (exact) mass is 287 g/mol. The van der Waals surface area contributed by atoms with E-state index in [1.54, 1.807) is 18.3 Å². The topological polar surface area (TPSA) is 75.0 Å². The van der Waals surface area contributed by atoms with Crippen molar-refractivity contribution < 1.29 is 9.53 Å². The highest BCUT2D eigenvalue weighted by Crippen LogP contribution is 2.24. The fraction of sp³-hybridized carbons (Fsp3) is 0.214. The molecule has 0 spiro atoms. The molecule has 1 aromatic heterocycles. The molecule has 0 fully saturated rings. The zero-order chi connectivity index (χ0) is 14.5. The van der Waals surface area contributed by atoms with Gasteiger partial charge in [0.25, 0.3) is 0 Å². The lowest BCUT2D eigenvalue weighted by atomic mass is 10.3. The fourth-order valence-corrected chi connectivity index (χ4v) is 2.50. The molecule has 6 heteroatoms. The predicted octanol–water partition coefficient (Wildman–Crippen LogP) is 2.99. The first kappa shape index (κ1) is 14.0. The van der Waals surface area contributed by atoms with Gasteiger partial charge in [-0.2, -0.15) is 5.26 Å². The van der Waals surface area contributed by atoms with Crippen LogP contribution in [0.4, 0.5) is 5.69 Å². The number of nitrogens with zero attached hydrogens (tertiary/aromatic N) is 2. The number of anilines is 1. The van der Waals surface area contributed by atoms with E-state index in [1.807, 2.05) is 31.2 Å². The summed E-state index contributed by atoms with van der Waals surface area (Å²) >= 11 is 1.59. The number of aromatic nitrogens is 1. The van der Waals surface area contributed by atoms with Crippen molar-refractivity contribution in [2.75, 3.05) is 11.9 Å². The summed E-state index contributed by atoms with van der Waals surface area (Å²) in [5.74, 6) is -0.628. The van der Waals surface area contributed by atoms with Crippen LogP contribution in [0.2, 0.25) is 0 Å². The van der Waals surface area contributed by atoms with Crippen LogP contribution in [0.5, 0.6) is 0 Å². The lowest BCUT2D eigenvalue weighted by molar-refractivity contribution is -0.138. The number of hydrogen-bond acceptors (Lipinski definition) is 6. The Morgan fingerprint density at radius 3 is 3.10 bits per heavy atom. The van der Waals surface area contributed by atoms with Gasteiger partial charge >= 0.3 is 5.97 Å². The second kappa shape index (κ2) is 6.17. The summed E-state index contributed by atoms with van der Waals surface area (Å²) in [6, 6.07) is 7.48. The number of aryl methyl sites for hydroxylation is 1. The zero-order valence-corrected chi connectivity index (χ0v) is 12.0. The van der Waals surface area contributed by atoms with Crippen molar-refractivity contribution in [3.8, 4) is 6.07 Å². The molecular weight excluding hydrogens is 274 g/mol. The molecule has 1 N–H and O–H groups in total. The van der Waals surface area contributed by atoms with Gasteiger partial charge in [-0.05, 0) is 32.0 Å². The van der Waals surface area contributed by atoms with Crippen LogP contribution in [0.3, 0.4) is 0 Å². The van der Waals surface area contributed by atoms with Gasteiger partial charge in [0.1, 0.15) is 6.07 Å². The first-order chi connectivity index (χ1) is 9.63. The third-order valence-corrected chi connectivity index (χ3v) is 3.43. The van der Waals surface area contributed by atoms with Crippen LogP contribution in [0, 0.1) is 18.3 Å². The summed E-state index contributed by atoms with van der Waals surface area (Å²) in [7, 11) is 0. The smallest absolute Gasteiger partial charge is 0.350 e. The molecule has 0 radical (unpaired) electrons. The van der Waals surface area contributed by atoms with Crippen LogP contribution in [0.15, 0.2) is 30.0 Å². The van der Waals surface area contributed by atoms with Crippen molar-refractivity contribution in [2.45, 2.75) is 13.8 Å². The Morgan fingerprint density at radius 1 is 1.60 bits per heavy atom. The first-order valence-electron chi connectivity index (χ1n) is 6.05. The maximum atomic E-state index is 11.5. The van der Waals surface area contributed by atoms with Crippen molar-refractivity contribution in [3.63, 3.8) is 0 Å². The predicted molar refractivity (Wildman–Crippen MR) is 78.3 cm³/mol. The second-order valence-electron chi connectivity index (χ2n) is 3.95. The largest absolute Gasteiger partial charge is 0.462 e. The van der Waals surface area contributed by atoms with Crippen molar-refractivity contribution >= 4 is 33.2 Å². The van der Waals surface area contributed by atoms with E-state index in [0.717, 1.165) is 20.9 Å². The van der Waals surface area contributed by atoms with Gasteiger partial charge in [-0.3, -0.25) is 0 Å². The molecule has 1 aromatic carbocycles. The molecule has 5 nitrogen and oxygen atoms in total. The summed E-state index contributed by atoms with van der Waals surface area (Å²) in [6.45, 7) is 3.89. The fourth-order valence-electron chi connectivity index (χ4n) is 1.63. The summed E-state index contributed by atoms with van der Waals surface area (Å²) in [5.41, 5.74) is 1.67. The van der Waals surface area contributed by atoms with Gasteiger partial charge in [0.05, 0.1) is 21.8 Å². The lowest BCUT2D eigenvalue weighted by Crippen LogP contribution is -2.07. The Balaban J connectivity index is 2.18. The van der Waals surface area contributed by atoms with E-state index < -0.39 is 5.97 Å². The molecule has 0 bridgehead atoms. The molecule has 102 valence electrons. The Labute approximate surface area is 120 Å². The van der Waals surface area contributed by atoms with Crippen LogP contribution >= 0.6 is 11.3 Å². The highest BCUT2D eigenvalue weighted by Gasteiger charge is 2.09. The number of carbonyl (C=O) groups is 1. The summed E-state index contributed by atoms with van der Waals surface area (Å²) in [5, 5.41) is 12.8. The van der Waals surface area contributed by atoms with Crippen molar-refractivity contribution in [1.82, 2.24) is 4.98 Å². The van der Waals surface area contributed by atoms with Crippen molar-refractivity contribution in [1.29, 1.82) is 5.26 Å². The minimum absolute atomic E-state index is 0.0626. The molecule has 20 heavy (non-hydrogen) atoms. The quantitative estimate of drug-likeness (QED) is 0.531. The third-order valence-electron chi connectivity index (χ3n) is 2.49. The second-order valence-corrected chi connectivity index (χ2v) is 5.18. The van der Waals surface area contributed by atoms with E-state index >= 15 is 0 Å². The van der Waals surface area contributed by atoms with Crippen molar-refractivity contribution in [2.24, 2.45) is 0 Å². The molecule has 2 aromatic rings. The van der Waals surface area contributed by atoms with Gasteiger partial charge in [0.15, 0.2) is 5.57 Å². The Hall–Kier alpha value is -2.39. The third kappa shape index (κ3) is 3.13. The maximum absolute atomic E-state index is 11.5. The van der Waals surface area contributed by atoms with Crippen molar-refractivity contribution in [3.05, 3.63) is 35.0 Å². The normalized spacial score (nSPS) is 11.2. The van der Waals surface area contributed by atoms with E-state index in [0.29, 0.717) is 0 Å². The van der Waals surface area contributed by atoms with E-state index in [4.69, 9.17) is 10.00 Å². The minimum atomic E-state index is -0.628. The van der Waals surface area contributed by atoms with E-state index in [9.17, 15) is 4.79 Å². The van der Waals surface area contributed by atoms with Gasteiger partial charge in [-0.1, -0.05) is 0 Å². The number of rotatable bonds is 4. The molecular formula is C14H13N3O2S. The Kier molecular flexibility index (Phi) is 4.33. The molecule has 0 saturated carbocycles. The summed E-state index contributed by atoms with van der Waals surface area (Å²) in [6.07, 6.45) is 1.35. The first-order valence-corrected chi connectivity index (χ1v) is 6.86. The van der Waals surface area contributed by atoms with Crippen LogP contribution in [0.25, 0.3) is 10.2 Å². The average Bonchev–Trinajstić information content (AvgIpc) is 2.79. The molecule has 0 saturated heterocycles. The highest BCUT2D eigenvalue weighted by molar-refractivity contribution is 7.18. The molecule has 0 atom stereocenters. The zero-order valence-electron chi connectivity index (χ0n) is 11.1. The Morgan fingerprint density at radius 2 is 2.40 bits per heavy atom. The molecule has 0 aliphatic heterocycles. The highest BCUT2D eigenvalue weighted by atomic mass is 32.1. The van der Waals surface area contributed by atoms with Gasteiger partial charge in [-0.15, -0.1) is 11.3 Å². The van der Waals surface area contributed by atoms with Crippen LogP contribution in [-0.4, -0.2) is 17.6 Å². The molecule has 0 unspecified atom stereocenters. The van der Waals surface area contributed by atoms with Crippen LogP contribution < -0.4 is 5.32 Å². The molecule has 1 heterocycles. The number of carbonyl (C=O) groups excluding carboxylic acids is 1. The number of thiazole rings is 1. The number of esters is 1. The standard InChI is InChI=1S/C14H13N3O2S/c1-3-19-14(18)10(7-15)8-16-11-4-5-12-13(6-11)20-9(2)17-12/h4-6,8,16H,3H2,1-2H3/b10-8-. The molecule has 0 aliphatic rings. The van der Waals surface area contributed by atoms with Crippen LogP contribution in [0.1, 0.15) is 11.9 Å². The van der Waals surface area contributed by atoms with Gasteiger partial charge in [-0.25, -0.2) is 9.78 Å². The Bertz CT molecular complexity index is 713. The summed E-state index contributed by atoms with van der Waals surface area (Å²) in [4.78, 5) is 15.8. The molecule has 2 rings (SSSR count).